The number of nitrogens with zero attached hydrogens (tertiary/aromatic N) is 1. The van der Waals surface area contributed by atoms with E-state index in [2.05, 4.69) is 4.98 Å². The molecule has 0 atom stereocenters. The van der Waals surface area contributed by atoms with Crippen LogP contribution in [0.5, 0.6) is 0 Å². The Bertz CT molecular complexity index is 596. The maximum absolute atomic E-state index is 5.78. The lowest BCUT2D eigenvalue weighted by Crippen LogP contribution is -1.84. The van der Waals surface area contributed by atoms with Crippen LogP contribution in [0.15, 0.2) is 45.6 Å². The zero-order chi connectivity index (χ0) is 10.3. The van der Waals surface area contributed by atoms with Crippen LogP contribution < -0.4 is 5.73 Å². The van der Waals surface area contributed by atoms with Crippen LogP contribution in [-0.4, -0.2) is 4.98 Å². The van der Waals surface area contributed by atoms with E-state index >= 15 is 0 Å². The van der Waals surface area contributed by atoms with Crippen molar-refractivity contribution in [2.24, 2.45) is 0 Å². The lowest BCUT2D eigenvalue weighted by molar-refractivity contribution is 0.564. The van der Waals surface area contributed by atoms with Crippen LogP contribution in [0.1, 0.15) is 0 Å². The van der Waals surface area contributed by atoms with Crippen molar-refractivity contribution in [2.75, 3.05) is 5.73 Å². The highest BCUT2D eigenvalue weighted by Crippen LogP contribution is 2.27. The average molecular weight is 200 g/mol. The molecule has 0 amide bonds. The highest BCUT2D eigenvalue weighted by molar-refractivity contribution is 5.87. The Kier molecular flexibility index (Phi) is 1.56. The first-order valence-electron chi connectivity index (χ1n) is 4.52. The molecule has 2 aromatic heterocycles. The van der Waals surface area contributed by atoms with Crippen molar-refractivity contribution in [3.05, 3.63) is 36.8 Å². The van der Waals surface area contributed by atoms with E-state index in [9.17, 15) is 0 Å². The number of oxazole rings is 1. The summed E-state index contributed by atoms with van der Waals surface area (Å²) in [5, 5.41) is 0. The number of furan rings is 1. The van der Waals surface area contributed by atoms with E-state index < -0.39 is 0 Å². The summed E-state index contributed by atoms with van der Waals surface area (Å²) in [6.45, 7) is 0. The molecule has 3 aromatic rings. The molecule has 0 unspecified atom stereocenters. The lowest BCUT2D eigenvalue weighted by Gasteiger charge is -1.89. The van der Waals surface area contributed by atoms with E-state index in [1.165, 1.54) is 0 Å². The standard InChI is InChI=1S/C11H8N2O2/c12-8-2-1-3-9-10(8)13-11(15-9)7-4-5-14-6-7/h1-6H,12H2. The molecule has 0 aliphatic heterocycles. The summed E-state index contributed by atoms with van der Waals surface area (Å²) in [6.07, 6.45) is 3.16. The fourth-order valence-electron chi connectivity index (χ4n) is 1.48. The van der Waals surface area contributed by atoms with Crippen molar-refractivity contribution < 1.29 is 8.83 Å². The number of aromatic nitrogens is 1. The molecule has 0 bridgehead atoms. The van der Waals surface area contributed by atoms with Gasteiger partial charge in [-0.05, 0) is 18.2 Å². The van der Waals surface area contributed by atoms with Gasteiger partial charge in [0.25, 0.3) is 0 Å². The zero-order valence-corrected chi connectivity index (χ0v) is 7.81. The Morgan fingerprint density at radius 1 is 1.20 bits per heavy atom. The second-order valence-electron chi connectivity index (χ2n) is 3.23. The molecule has 0 aliphatic rings. The number of fused-ring (bicyclic) bond motifs is 1. The van der Waals surface area contributed by atoms with E-state index in [-0.39, 0.29) is 0 Å². The maximum Gasteiger partial charge on any atom is 0.230 e. The van der Waals surface area contributed by atoms with E-state index in [0.717, 1.165) is 5.56 Å². The minimum atomic E-state index is 0.525. The SMILES string of the molecule is Nc1cccc2oc(-c3ccoc3)nc12. The van der Waals surface area contributed by atoms with E-state index in [1.54, 1.807) is 24.7 Å². The van der Waals surface area contributed by atoms with Gasteiger partial charge in [0.2, 0.25) is 5.89 Å². The van der Waals surface area contributed by atoms with Crippen LogP contribution in [0.4, 0.5) is 5.69 Å². The summed E-state index contributed by atoms with van der Waals surface area (Å²) in [5.41, 5.74) is 8.58. The van der Waals surface area contributed by atoms with Crippen LogP contribution in [-0.2, 0) is 0 Å². The van der Waals surface area contributed by atoms with Gasteiger partial charge in [-0.15, -0.1) is 0 Å². The summed E-state index contributed by atoms with van der Waals surface area (Å²) in [5.74, 6) is 0.525. The zero-order valence-electron chi connectivity index (χ0n) is 7.81. The van der Waals surface area contributed by atoms with Crippen molar-refractivity contribution >= 4 is 16.8 Å². The van der Waals surface area contributed by atoms with Crippen LogP contribution >= 0.6 is 0 Å². The molecular weight excluding hydrogens is 192 g/mol. The molecule has 3 rings (SSSR count). The lowest BCUT2D eigenvalue weighted by atomic mass is 10.3. The molecular formula is C11H8N2O2. The van der Waals surface area contributed by atoms with Gasteiger partial charge in [0, 0.05) is 0 Å². The van der Waals surface area contributed by atoms with E-state index in [4.69, 9.17) is 14.6 Å². The summed E-state index contributed by atoms with van der Waals surface area (Å²) in [7, 11) is 0. The first-order chi connectivity index (χ1) is 7.34. The van der Waals surface area contributed by atoms with Gasteiger partial charge in [-0.1, -0.05) is 6.07 Å². The van der Waals surface area contributed by atoms with Crippen molar-refractivity contribution in [3.8, 4) is 11.5 Å². The largest absolute Gasteiger partial charge is 0.472 e. The highest BCUT2D eigenvalue weighted by Gasteiger charge is 2.10. The fourth-order valence-corrected chi connectivity index (χ4v) is 1.48. The van der Waals surface area contributed by atoms with Gasteiger partial charge in [-0.3, -0.25) is 0 Å². The molecule has 4 heteroatoms. The molecule has 2 heterocycles. The number of hydrogen-bond acceptors (Lipinski definition) is 4. The molecule has 0 saturated carbocycles. The van der Waals surface area contributed by atoms with Gasteiger partial charge in [-0.2, -0.15) is 0 Å². The van der Waals surface area contributed by atoms with E-state index in [1.807, 2.05) is 12.1 Å². The van der Waals surface area contributed by atoms with Crippen molar-refractivity contribution in [2.45, 2.75) is 0 Å². The Balaban J connectivity index is 2.27. The van der Waals surface area contributed by atoms with Gasteiger partial charge in [0.1, 0.15) is 11.8 Å². The number of rotatable bonds is 1. The molecule has 74 valence electrons. The van der Waals surface area contributed by atoms with Crippen molar-refractivity contribution in [1.82, 2.24) is 4.98 Å². The van der Waals surface area contributed by atoms with Crippen molar-refractivity contribution in [1.29, 1.82) is 0 Å². The number of hydrogen-bond donors (Lipinski definition) is 1. The minimum absolute atomic E-state index is 0.525. The second kappa shape index (κ2) is 2.88. The Labute approximate surface area is 85.3 Å². The molecule has 2 N–H and O–H groups in total. The summed E-state index contributed by atoms with van der Waals surface area (Å²) in [4.78, 5) is 4.30. The first kappa shape index (κ1) is 8.11. The predicted octanol–water partition coefficient (Wildman–Crippen LogP) is 2.67. The maximum atomic E-state index is 5.78. The third-order valence-corrected chi connectivity index (χ3v) is 2.22. The van der Waals surface area contributed by atoms with Gasteiger partial charge < -0.3 is 14.6 Å². The van der Waals surface area contributed by atoms with Crippen LogP contribution in [0.25, 0.3) is 22.6 Å². The van der Waals surface area contributed by atoms with Gasteiger partial charge in [0.15, 0.2) is 5.58 Å². The minimum Gasteiger partial charge on any atom is -0.472 e. The monoisotopic (exact) mass is 200 g/mol. The van der Waals surface area contributed by atoms with Crippen LogP contribution in [0.3, 0.4) is 0 Å². The molecule has 1 aromatic carbocycles. The molecule has 0 saturated heterocycles. The molecule has 15 heavy (non-hydrogen) atoms. The normalized spacial score (nSPS) is 10.9. The number of para-hydroxylation sites is 1. The molecule has 0 aliphatic carbocycles. The van der Waals surface area contributed by atoms with Gasteiger partial charge in [-0.25, -0.2) is 4.98 Å². The average Bonchev–Trinajstić information content (AvgIpc) is 2.86. The fraction of sp³-hybridized carbons (Fsp3) is 0. The number of nitrogens with two attached hydrogens (primary N) is 1. The number of nitrogen functional groups attached to an aromatic ring is 1. The number of benzene rings is 1. The molecule has 0 fully saturated rings. The topological polar surface area (TPSA) is 65.2 Å². The summed E-state index contributed by atoms with van der Waals surface area (Å²) < 4.78 is 10.5. The number of anilines is 1. The third-order valence-electron chi connectivity index (χ3n) is 2.22. The van der Waals surface area contributed by atoms with E-state index in [0.29, 0.717) is 22.7 Å². The van der Waals surface area contributed by atoms with Gasteiger partial charge >= 0.3 is 0 Å². The highest BCUT2D eigenvalue weighted by atomic mass is 16.4. The summed E-state index contributed by atoms with van der Waals surface area (Å²) in [6, 6.07) is 7.26. The Hall–Kier alpha value is -2.23. The summed E-state index contributed by atoms with van der Waals surface area (Å²) >= 11 is 0. The van der Waals surface area contributed by atoms with Crippen molar-refractivity contribution in [3.63, 3.8) is 0 Å². The van der Waals surface area contributed by atoms with Crippen LogP contribution in [0.2, 0.25) is 0 Å². The first-order valence-corrected chi connectivity index (χ1v) is 4.52. The molecule has 4 nitrogen and oxygen atoms in total. The molecule has 0 spiro atoms. The quantitative estimate of drug-likeness (QED) is 0.613. The van der Waals surface area contributed by atoms with Gasteiger partial charge in [0.05, 0.1) is 17.5 Å². The Morgan fingerprint density at radius 3 is 2.87 bits per heavy atom. The second-order valence-corrected chi connectivity index (χ2v) is 3.23. The predicted molar refractivity (Wildman–Crippen MR) is 56.1 cm³/mol. The molecule has 0 radical (unpaired) electrons. The smallest absolute Gasteiger partial charge is 0.230 e. The van der Waals surface area contributed by atoms with Crippen LogP contribution in [0, 0.1) is 0 Å². The third kappa shape index (κ3) is 1.19. The Morgan fingerprint density at radius 2 is 2.13 bits per heavy atom.